The highest BCUT2D eigenvalue weighted by molar-refractivity contribution is 6.12. The number of fused-ring (bicyclic) bond motifs is 1. The number of carbonyl (C=O) groups is 1. The molecule has 0 spiro atoms. The van der Waals surface area contributed by atoms with Gasteiger partial charge in [-0.15, -0.1) is 0 Å². The van der Waals surface area contributed by atoms with E-state index in [-0.39, 0.29) is 33.9 Å². The van der Waals surface area contributed by atoms with Crippen molar-refractivity contribution in [2.75, 3.05) is 5.06 Å². The van der Waals surface area contributed by atoms with Crippen LogP contribution in [0.25, 0.3) is 5.57 Å². The minimum atomic E-state index is -0.943. The van der Waals surface area contributed by atoms with Crippen LogP contribution in [-0.2, 0) is 4.79 Å². The lowest BCUT2D eigenvalue weighted by Gasteiger charge is -2.26. The molecule has 0 fully saturated rings. The first-order valence-electron chi connectivity index (χ1n) is 7.00. The summed E-state index contributed by atoms with van der Waals surface area (Å²) in [6.45, 7) is 0. The predicted octanol–water partition coefficient (Wildman–Crippen LogP) is 2.48. The highest BCUT2D eigenvalue weighted by Crippen LogP contribution is 2.38. The number of allylic oxidation sites excluding steroid dienone is 1. The van der Waals surface area contributed by atoms with Crippen molar-refractivity contribution in [3.8, 4) is 24.0 Å². The zero-order valence-electron chi connectivity index (χ0n) is 12.6. The van der Waals surface area contributed by atoms with Crippen LogP contribution in [0, 0.1) is 34.0 Å². The van der Waals surface area contributed by atoms with Gasteiger partial charge in [0, 0.05) is 6.07 Å². The van der Waals surface area contributed by atoms with Gasteiger partial charge in [-0.3, -0.25) is 10.0 Å². The molecule has 1 aliphatic rings. The van der Waals surface area contributed by atoms with E-state index < -0.39 is 5.91 Å². The molecule has 0 saturated heterocycles. The second kappa shape index (κ2) is 6.17. The fourth-order valence-corrected chi connectivity index (χ4v) is 2.37. The summed E-state index contributed by atoms with van der Waals surface area (Å²) in [4.78, 5) is 12.4. The van der Waals surface area contributed by atoms with Crippen molar-refractivity contribution in [1.29, 1.82) is 15.8 Å². The molecule has 1 heterocycles. The molecule has 1 aliphatic heterocycles. The number of anilines is 1. The number of hydroxylamine groups is 1. The van der Waals surface area contributed by atoms with Gasteiger partial charge in [0.2, 0.25) is 5.76 Å². The summed E-state index contributed by atoms with van der Waals surface area (Å²) in [6.07, 6.45) is 0. The van der Waals surface area contributed by atoms with E-state index in [1.807, 2.05) is 18.2 Å². The predicted molar refractivity (Wildman–Crippen MR) is 84.7 cm³/mol. The van der Waals surface area contributed by atoms with Crippen molar-refractivity contribution in [1.82, 2.24) is 0 Å². The first kappa shape index (κ1) is 15.8. The third kappa shape index (κ3) is 2.55. The summed E-state index contributed by atoms with van der Waals surface area (Å²) in [6, 6.07) is 16.4. The third-order valence-electron chi connectivity index (χ3n) is 3.57. The molecule has 0 aromatic heterocycles. The lowest BCUT2D eigenvalue weighted by Crippen LogP contribution is -2.35. The number of hydrogen-bond acceptors (Lipinski definition) is 6. The molecule has 1 N–H and O–H groups in total. The van der Waals surface area contributed by atoms with Crippen molar-refractivity contribution in [3.05, 3.63) is 64.9 Å². The molecule has 25 heavy (non-hydrogen) atoms. The van der Waals surface area contributed by atoms with Crippen LogP contribution in [0.1, 0.15) is 16.7 Å². The molecule has 0 saturated carbocycles. The highest BCUT2D eigenvalue weighted by Gasteiger charge is 2.33. The molecular formula is C18H8N4O3. The molecule has 118 valence electrons. The molecule has 0 bridgehead atoms. The summed E-state index contributed by atoms with van der Waals surface area (Å²) in [5.74, 6) is -1.31. The number of ether oxygens (including phenoxy) is 1. The maximum Gasteiger partial charge on any atom is 0.319 e. The lowest BCUT2D eigenvalue weighted by atomic mass is 10.0. The van der Waals surface area contributed by atoms with Gasteiger partial charge in [-0.05, 0) is 11.6 Å². The maximum absolute atomic E-state index is 12.4. The number of amides is 1. The Bertz CT molecular complexity index is 1040. The number of carbonyl (C=O) groups excluding carboxylic acids is 1. The Kier molecular flexibility index (Phi) is 3.89. The van der Waals surface area contributed by atoms with Crippen molar-refractivity contribution in [2.24, 2.45) is 0 Å². The maximum atomic E-state index is 12.4. The minimum absolute atomic E-state index is 0.00340. The monoisotopic (exact) mass is 328 g/mol. The first-order valence-corrected chi connectivity index (χ1v) is 7.00. The zero-order chi connectivity index (χ0) is 18.0. The molecule has 2 aromatic carbocycles. The largest absolute Gasteiger partial charge is 0.448 e. The Hall–Kier alpha value is -4.12. The highest BCUT2D eigenvalue weighted by atomic mass is 16.5. The lowest BCUT2D eigenvalue weighted by molar-refractivity contribution is -0.122. The van der Waals surface area contributed by atoms with E-state index in [4.69, 9.17) is 15.3 Å². The molecule has 0 radical (unpaired) electrons. The summed E-state index contributed by atoms with van der Waals surface area (Å²) in [5, 5.41) is 38.0. The third-order valence-corrected chi connectivity index (χ3v) is 3.57. The van der Waals surface area contributed by atoms with Crippen molar-refractivity contribution in [2.45, 2.75) is 0 Å². The van der Waals surface area contributed by atoms with Gasteiger partial charge in [0.1, 0.15) is 29.5 Å². The van der Waals surface area contributed by atoms with Gasteiger partial charge in [-0.2, -0.15) is 20.8 Å². The van der Waals surface area contributed by atoms with Crippen molar-refractivity contribution < 1.29 is 14.7 Å². The molecule has 0 aliphatic carbocycles. The fourth-order valence-electron chi connectivity index (χ4n) is 2.37. The minimum Gasteiger partial charge on any atom is -0.448 e. The van der Waals surface area contributed by atoms with Crippen LogP contribution in [0.3, 0.4) is 0 Å². The van der Waals surface area contributed by atoms with Crippen LogP contribution >= 0.6 is 0 Å². The molecule has 7 heteroatoms. The fraction of sp³-hybridized carbons (Fsp3) is 0. The van der Waals surface area contributed by atoms with E-state index >= 15 is 0 Å². The SMILES string of the molecule is N#C/C(=C1\Oc2cc(C#N)c(C#N)cc2N(O)C1=O)c1ccccc1. The standard InChI is InChI=1S/C18H8N4O3/c19-8-12-6-15-16(7-13(12)9-20)25-17(18(23)22(15)24)14(10-21)11-4-2-1-3-5-11/h1-7,24H/b17-14+. The van der Waals surface area contributed by atoms with Crippen LogP contribution < -0.4 is 9.80 Å². The molecule has 1 amide bonds. The normalized spacial score (nSPS) is 14.5. The van der Waals surface area contributed by atoms with E-state index in [1.165, 1.54) is 12.1 Å². The topological polar surface area (TPSA) is 121 Å². The Labute approximate surface area is 142 Å². The van der Waals surface area contributed by atoms with E-state index in [1.54, 1.807) is 30.3 Å². The van der Waals surface area contributed by atoms with E-state index in [2.05, 4.69) is 0 Å². The molecule has 0 atom stereocenters. The van der Waals surface area contributed by atoms with Crippen LogP contribution in [-0.4, -0.2) is 11.1 Å². The first-order chi connectivity index (χ1) is 12.1. The quantitative estimate of drug-likeness (QED) is 0.487. The van der Waals surface area contributed by atoms with Crippen molar-refractivity contribution >= 4 is 17.2 Å². The Morgan fingerprint density at radius 1 is 1.04 bits per heavy atom. The van der Waals surface area contributed by atoms with E-state index in [9.17, 15) is 15.3 Å². The molecular weight excluding hydrogens is 320 g/mol. The molecule has 2 aromatic rings. The average molecular weight is 328 g/mol. The van der Waals surface area contributed by atoms with Crippen LogP contribution in [0.5, 0.6) is 5.75 Å². The molecule has 7 nitrogen and oxygen atoms in total. The molecule has 3 rings (SSSR count). The summed E-state index contributed by atoms with van der Waals surface area (Å²) < 4.78 is 5.51. The number of hydrogen-bond donors (Lipinski definition) is 1. The van der Waals surface area contributed by atoms with E-state index in [0.29, 0.717) is 10.6 Å². The number of nitrogens with zero attached hydrogens (tertiary/aromatic N) is 4. The second-order valence-corrected chi connectivity index (χ2v) is 4.99. The van der Waals surface area contributed by atoms with Crippen LogP contribution in [0.4, 0.5) is 5.69 Å². The van der Waals surface area contributed by atoms with Crippen LogP contribution in [0.15, 0.2) is 48.2 Å². The smallest absolute Gasteiger partial charge is 0.319 e. The Balaban J connectivity index is 2.22. The second-order valence-electron chi connectivity index (χ2n) is 4.99. The number of benzene rings is 2. The van der Waals surface area contributed by atoms with Gasteiger partial charge >= 0.3 is 5.91 Å². The van der Waals surface area contributed by atoms with Crippen LogP contribution in [0.2, 0.25) is 0 Å². The van der Waals surface area contributed by atoms with Gasteiger partial charge in [0.25, 0.3) is 0 Å². The van der Waals surface area contributed by atoms with Gasteiger partial charge in [-0.1, -0.05) is 30.3 Å². The van der Waals surface area contributed by atoms with Crippen molar-refractivity contribution in [3.63, 3.8) is 0 Å². The average Bonchev–Trinajstić information content (AvgIpc) is 2.66. The summed E-state index contributed by atoms with van der Waals surface area (Å²) in [5.41, 5.74) is 0.335. The van der Waals surface area contributed by atoms with Gasteiger partial charge in [0.15, 0.2) is 5.75 Å². The Morgan fingerprint density at radius 3 is 2.28 bits per heavy atom. The number of rotatable bonds is 1. The van der Waals surface area contributed by atoms with Gasteiger partial charge in [-0.25, -0.2) is 0 Å². The summed E-state index contributed by atoms with van der Waals surface area (Å²) >= 11 is 0. The molecule has 0 unspecified atom stereocenters. The Morgan fingerprint density at radius 2 is 1.68 bits per heavy atom. The van der Waals surface area contributed by atoms with E-state index in [0.717, 1.165) is 0 Å². The van der Waals surface area contributed by atoms with Gasteiger partial charge < -0.3 is 4.74 Å². The number of nitriles is 3. The van der Waals surface area contributed by atoms with Gasteiger partial charge in [0.05, 0.1) is 11.1 Å². The summed E-state index contributed by atoms with van der Waals surface area (Å²) in [7, 11) is 0. The zero-order valence-corrected chi connectivity index (χ0v) is 12.6.